The molecular formula is C18H26N6O3. The van der Waals surface area contributed by atoms with Gasteiger partial charge >= 0.3 is 0 Å². The molecule has 0 spiro atoms. The molecule has 1 aliphatic heterocycles. The molecule has 2 N–H and O–H groups in total. The summed E-state index contributed by atoms with van der Waals surface area (Å²) < 4.78 is 1.54. The highest BCUT2D eigenvalue weighted by Crippen LogP contribution is 2.19. The molecule has 1 aliphatic rings. The molecule has 2 amide bonds. The van der Waals surface area contributed by atoms with Gasteiger partial charge in [0.25, 0.3) is 5.91 Å². The van der Waals surface area contributed by atoms with Crippen LogP contribution in [-0.2, 0) is 11.2 Å². The van der Waals surface area contributed by atoms with E-state index in [1.807, 2.05) is 0 Å². The van der Waals surface area contributed by atoms with Crippen molar-refractivity contribution < 1.29 is 14.7 Å². The fourth-order valence-corrected chi connectivity index (χ4v) is 3.38. The summed E-state index contributed by atoms with van der Waals surface area (Å²) in [7, 11) is 1.58. The Labute approximate surface area is 158 Å². The predicted molar refractivity (Wildman–Crippen MR) is 99.4 cm³/mol. The van der Waals surface area contributed by atoms with Crippen LogP contribution in [0.1, 0.15) is 29.8 Å². The lowest BCUT2D eigenvalue weighted by Gasteiger charge is -2.41. The Bertz CT molecular complexity index is 834. The number of nitrogens with zero attached hydrogens (tertiary/aromatic N) is 5. The number of likely N-dealkylation sites (N-methyl/N-ethyl adjacent to an activating group) is 1. The zero-order chi connectivity index (χ0) is 19.6. The SMILES string of the molecule is CNC(=O)C1CN(C(C)C)CCN1C(=O)c1cnn2cc(CCO)cnc12. The van der Waals surface area contributed by atoms with Crippen molar-refractivity contribution in [2.75, 3.05) is 33.3 Å². The maximum Gasteiger partial charge on any atom is 0.260 e. The van der Waals surface area contributed by atoms with E-state index >= 15 is 0 Å². The lowest BCUT2D eigenvalue weighted by molar-refractivity contribution is -0.127. The molecule has 2 aromatic heterocycles. The standard InChI is InChI=1S/C18H26N6O3/c1-12(2)22-5-6-23(15(11-22)17(26)19-3)18(27)14-9-21-24-10-13(4-7-25)8-20-16(14)24/h8-10,12,15,25H,4-7,11H2,1-3H3,(H,19,26). The van der Waals surface area contributed by atoms with Gasteiger partial charge in [0, 0.05) is 51.7 Å². The van der Waals surface area contributed by atoms with Gasteiger partial charge < -0.3 is 15.3 Å². The Balaban J connectivity index is 1.89. The number of hydrogen-bond donors (Lipinski definition) is 2. The van der Waals surface area contributed by atoms with Crippen LogP contribution in [0.2, 0.25) is 0 Å². The summed E-state index contributed by atoms with van der Waals surface area (Å²) in [6.45, 7) is 5.86. The van der Waals surface area contributed by atoms with E-state index in [1.165, 1.54) is 10.7 Å². The second-order valence-corrected chi connectivity index (χ2v) is 6.98. The van der Waals surface area contributed by atoms with E-state index in [9.17, 15) is 9.59 Å². The average Bonchev–Trinajstić information content (AvgIpc) is 3.09. The number of aliphatic hydroxyl groups is 1. The molecule has 0 saturated carbocycles. The van der Waals surface area contributed by atoms with Gasteiger partial charge in [0.05, 0.1) is 6.20 Å². The molecule has 3 heterocycles. The van der Waals surface area contributed by atoms with Gasteiger partial charge in [-0.3, -0.25) is 14.5 Å². The number of carbonyl (C=O) groups excluding carboxylic acids is 2. The summed E-state index contributed by atoms with van der Waals surface area (Å²) in [4.78, 5) is 33.7. The normalized spacial score (nSPS) is 18.3. The zero-order valence-electron chi connectivity index (χ0n) is 15.9. The summed E-state index contributed by atoms with van der Waals surface area (Å²) in [6, 6.07) is -0.250. The van der Waals surface area contributed by atoms with Gasteiger partial charge in [-0.05, 0) is 25.8 Å². The molecule has 0 aromatic carbocycles. The number of nitrogens with one attached hydrogen (secondary N) is 1. The number of amides is 2. The fourth-order valence-electron chi connectivity index (χ4n) is 3.38. The molecule has 0 aliphatic carbocycles. The van der Waals surface area contributed by atoms with Gasteiger partial charge in [-0.15, -0.1) is 0 Å². The predicted octanol–water partition coefficient (Wildman–Crippen LogP) is -0.455. The largest absolute Gasteiger partial charge is 0.396 e. The van der Waals surface area contributed by atoms with Gasteiger partial charge in [0.15, 0.2) is 5.65 Å². The Kier molecular flexibility index (Phi) is 5.71. The first-order valence-corrected chi connectivity index (χ1v) is 9.16. The van der Waals surface area contributed by atoms with Crippen LogP contribution in [0.3, 0.4) is 0 Å². The van der Waals surface area contributed by atoms with Gasteiger partial charge in [-0.25, -0.2) is 9.50 Å². The van der Waals surface area contributed by atoms with Crippen LogP contribution in [0.15, 0.2) is 18.6 Å². The Morgan fingerprint density at radius 3 is 2.78 bits per heavy atom. The first-order chi connectivity index (χ1) is 13.0. The van der Waals surface area contributed by atoms with Crippen molar-refractivity contribution >= 4 is 17.5 Å². The number of hydrogen-bond acceptors (Lipinski definition) is 6. The quantitative estimate of drug-likeness (QED) is 0.735. The third-order valence-corrected chi connectivity index (χ3v) is 4.99. The Hall–Kier alpha value is -2.52. The molecule has 1 saturated heterocycles. The molecule has 27 heavy (non-hydrogen) atoms. The second-order valence-electron chi connectivity index (χ2n) is 6.98. The molecular weight excluding hydrogens is 348 g/mol. The molecule has 9 heteroatoms. The maximum atomic E-state index is 13.2. The van der Waals surface area contributed by atoms with Crippen LogP contribution in [0.4, 0.5) is 0 Å². The van der Waals surface area contributed by atoms with E-state index in [0.29, 0.717) is 43.3 Å². The van der Waals surface area contributed by atoms with Crippen molar-refractivity contribution in [2.24, 2.45) is 0 Å². The smallest absolute Gasteiger partial charge is 0.260 e. The number of carbonyl (C=O) groups is 2. The van der Waals surface area contributed by atoms with Crippen LogP contribution in [0, 0.1) is 0 Å². The third-order valence-electron chi connectivity index (χ3n) is 4.99. The van der Waals surface area contributed by atoms with Crippen molar-refractivity contribution in [1.82, 2.24) is 29.7 Å². The Morgan fingerprint density at radius 1 is 1.33 bits per heavy atom. The van der Waals surface area contributed by atoms with Crippen molar-refractivity contribution in [3.8, 4) is 0 Å². The summed E-state index contributed by atoms with van der Waals surface area (Å²) in [6.07, 6.45) is 5.35. The lowest BCUT2D eigenvalue weighted by atomic mass is 10.1. The number of fused-ring (bicyclic) bond motifs is 1. The van der Waals surface area contributed by atoms with Crippen molar-refractivity contribution in [2.45, 2.75) is 32.4 Å². The molecule has 1 atom stereocenters. The van der Waals surface area contributed by atoms with Crippen LogP contribution in [0.5, 0.6) is 0 Å². The molecule has 1 unspecified atom stereocenters. The second kappa shape index (κ2) is 8.01. The summed E-state index contributed by atoms with van der Waals surface area (Å²) in [5.41, 5.74) is 1.65. The van der Waals surface area contributed by atoms with Crippen LogP contribution < -0.4 is 5.32 Å². The molecule has 0 bridgehead atoms. The van der Waals surface area contributed by atoms with E-state index < -0.39 is 6.04 Å². The number of aromatic nitrogens is 3. The van der Waals surface area contributed by atoms with E-state index in [2.05, 4.69) is 34.1 Å². The van der Waals surface area contributed by atoms with Crippen LogP contribution >= 0.6 is 0 Å². The zero-order valence-corrected chi connectivity index (χ0v) is 15.9. The molecule has 146 valence electrons. The molecule has 0 radical (unpaired) electrons. The van der Waals surface area contributed by atoms with E-state index in [1.54, 1.807) is 24.3 Å². The van der Waals surface area contributed by atoms with E-state index in [0.717, 1.165) is 5.56 Å². The summed E-state index contributed by atoms with van der Waals surface area (Å²) in [5, 5.41) is 15.9. The minimum atomic E-state index is -0.553. The summed E-state index contributed by atoms with van der Waals surface area (Å²) >= 11 is 0. The Morgan fingerprint density at radius 2 is 2.11 bits per heavy atom. The van der Waals surface area contributed by atoms with Crippen molar-refractivity contribution in [3.05, 3.63) is 29.7 Å². The van der Waals surface area contributed by atoms with E-state index in [-0.39, 0.29) is 18.4 Å². The first kappa shape index (κ1) is 19.2. The van der Waals surface area contributed by atoms with E-state index in [4.69, 9.17) is 5.11 Å². The van der Waals surface area contributed by atoms with Crippen LogP contribution in [0.25, 0.3) is 5.65 Å². The van der Waals surface area contributed by atoms with Gasteiger partial charge in [-0.2, -0.15) is 5.10 Å². The summed E-state index contributed by atoms with van der Waals surface area (Å²) in [5.74, 6) is -0.423. The minimum Gasteiger partial charge on any atom is -0.396 e. The highest BCUT2D eigenvalue weighted by atomic mass is 16.3. The van der Waals surface area contributed by atoms with Crippen molar-refractivity contribution in [1.29, 1.82) is 0 Å². The molecule has 9 nitrogen and oxygen atoms in total. The van der Waals surface area contributed by atoms with Gasteiger partial charge in [0.1, 0.15) is 11.6 Å². The highest BCUT2D eigenvalue weighted by Gasteiger charge is 2.37. The molecule has 3 rings (SSSR count). The fraction of sp³-hybridized carbons (Fsp3) is 0.556. The topological polar surface area (TPSA) is 103 Å². The maximum absolute atomic E-state index is 13.2. The minimum absolute atomic E-state index is 0.0220. The lowest BCUT2D eigenvalue weighted by Crippen LogP contribution is -2.61. The molecule has 1 fully saturated rings. The number of aliphatic hydroxyl groups excluding tert-OH is 1. The van der Waals surface area contributed by atoms with Gasteiger partial charge in [-0.1, -0.05) is 0 Å². The van der Waals surface area contributed by atoms with Crippen molar-refractivity contribution in [3.63, 3.8) is 0 Å². The van der Waals surface area contributed by atoms with Crippen LogP contribution in [-0.4, -0.2) is 86.7 Å². The highest BCUT2D eigenvalue weighted by molar-refractivity contribution is 6.02. The average molecular weight is 374 g/mol. The third kappa shape index (κ3) is 3.79. The van der Waals surface area contributed by atoms with Gasteiger partial charge in [0.2, 0.25) is 5.91 Å². The number of rotatable bonds is 5. The number of piperazine rings is 1. The molecule has 2 aromatic rings. The first-order valence-electron chi connectivity index (χ1n) is 9.16. The monoisotopic (exact) mass is 374 g/mol.